The number of benzene rings is 2. The molecule has 5 heteroatoms. The quantitative estimate of drug-likeness (QED) is 0.370. The van der Waals surface area contributed by atoms with E-state index in [4.69, 9.17) is 9.47 Å². The van der Waals surface area contributed by atoms with Crippen LogP contribution in [0.2, 0.25) is 0 Å². The third kappa shape index (κ3) is 5.42. The van der Waals surface area contributed by atoms with Gasteiger partial charge in [0.2, 0.25) is 0 Å². The molecular weight excluding hydrogens is 490 g/mol. The molecule has 1 aliphatic carbocycles. The van der Waals surface area contributed by atoms with Crippen LogP contribution in [0, 0.1) is 31.6 Å². The van der Waals surface area contributed by atoms with E-state index in [-0.39, 0.29) is 17.9 Å². The molecule has 34 heavy (non-hydrogen) atoms. The SMILES string of the molecule is CO[C@H]1c2c(C)c(OCc3ccccc3Br)cc(C)c2CCC1C(C=O)CN1CCC(C)CC1. The highest BCUT2D eigenvalue weighted by atomic mass is 79.9. The van der Waals surface area contributed by atoms with Crippen LogP contribution in [0.4, 0.5) is 0 Å². The Morgan fingerprint density at radius 1 is 1.18 bits per heavy atom. The average Bonchev–Trinajstić information content (AvgIpc) is 2.85. The number of rotatable bonds is 8. The van der Waals surface area contributed by atoms with E-state index in [1.807, 2.05) is 18.2 Å². The fourth-order valence-corrected chi connectivity index (χ4v) is 6.23. The Hall–Kier alpha value is -1.69. The molecule has 184 valence electrons. The van der Waals surface area contributed by atoms with Crippen molar-refractivity contribution >= 4 is 22.2 Å². The molecule has 2 aromatic rings. The lowest BCUT2D eigenvalue weighted by Crippen LogP contribution is -2.41. The van der Waals surface area contributed by atoms with Crippen molar-refractivity contribution in [3.05, 3.63) is 62.6 Å². The lowest BCUT2D eigenvalue weighted by molar-refractivity contribution is -0.116. The van der Waals surface area contributed by atoms with E-state index in [1.54, 1.807) is 7.11 Å². The summed E-state index contributed by atoms with van der Waals surface area (Å²) in [6.45, 7) is 10.2. The van der Waals surface area contributed by atoms with Crippen LogP contribution in [0.5, 0.6) is 5.75 Å². The number of fused-ring (bicyclic) bond motifs is 1. The van der Waals surface area contributed by atoms with Crippen LogP contribution in [0.15, 0.2) is 34.8 Å². The zero-order valence-corrected chi connectivity index (χ0v) is 22.6. The second-order valence-corrected chi connectivity index (χ2v) is 11.1. The van der Waals surface area contributed by atoms with Gasteiger partial charge in [-0.2, -0.15) is 0 Å². The predicted molar refractivity (Wildman–Crippen MR) is 140 cm³/mol. The van der Waals surface area contributed by atoms with Crippen molar-refractivity contribution in [3.63, 3.8) is 0 Å². The minimum atomic E-state index is -0.0895. The van der Waals surface area contributed by atoms with Crippen molar-refractivity contribution in [2.75, 3.05) is 26.7 Å². The number of hydrogen-bond acceptors (Lipinski definition) is 4. The van der Waals surface area contributed by atoms with Crippen LogP contribution in [-0.4, -0.2) is 37.9 Å². The second kappa shape index (κ2) is 11.4. The van der Waals surface area contributed by atoms with Gasteiger partial charge < -0.3 is 19.2 Å². The van der Waals surface area contributed by atoms with E-state index in [0.29, 0.717) is 6.61 Å². The monoisotopic (exact) mass is 527 g/mol. The molecule has 4 nitrogen and oxygen atoms in total. The fourth-order valence-electron chi connectivity index (χ4n) is 5.83. The van der Waals surface area contributed by atoms with Gasteiger partial charge in [0.05, 0.1) is 6.10 Å². The molecule has 0 amide bonds. The maximum Gasteiger partial charge on any atom is 0.124 e. The first kappa shape index (κ1) is 25.4. The summed E-state index contributed by atoms with van der Waals surface area (Å²) in [4.78, 5) is 14.8. The topological polar surface area (TPSA) is 38.8 Å². The molecule has 1 fully saturated rings. The van der Waals surface area contributed by atoms with Gasteiger partial charge in [0.25, 0.3) is 0 Å². The highest BCUT2D eigenvalue weighted by molar-refractivity contribution is 9.10. The summed E-state index contributed by atoms with van der Waals surface area (Å²) in [5.74, 6) is 1.86. The normalized spacial score (nSPS) is 22.3. The molecule has 2 aromatic carbocycles. The van der Waals surface area contributed by atoms with Crippen molar-refractivity contribution in [2.45, 2.75) is 59.2 Å². The highest BCUT2D eigenvalue weighted by Gasteiger charge is 2.38. The van der Waals surface area contributed by atoms with Crippen LogP contribution in [0.25, 0.3) is 0 Å². The van der Waals surface area contributed by atoms with Gasteiger partial charge in [0.1, 0.15) is 18.6 Å². The molecule has 0 radical (unpaired) electrons. The van der Waals surface area contributed by atoms with Crippen LogP contribution in [-0.2, 0) is 22.6 Å². The van der Waals surface area contributed by atoms with E-state index in [9.17, 15) is 4.79 Å². The Balaban J connectivity index is 1.58. The third-order valence-electron chi connectivity index (χ3n) is 7.99. The summed E-state index contributed by atoms with van der Waals surface area (Å²) in [5.41, 5.74) is 6.11. The number of likely N-dealkylation sites (tertiary alicyclic amines) is 1. The summed E-state index contributed by atoms with van der Waals surface area (Å²) in [6, 6.07) is 10.3. The minimum absolute atomic E-state index is 0.0175. The summed E-state index contributed by atoms with van der Waals surface area (Å²) < 4.78 is 13.5. The average molecular weight is 529 g/mol. The largest absolute Gasteiger partial charge is 0.489 e. The Morgan fingerprint density at radius 3 is 2.59 bits per heavy atom. The summed E-state index contributed by atoms with van der Waals surface area (Å²) >= 11 is 3.62. The minimum Gasteiger partial charge on any atom is -0.489 e. The van der Waals surface area contributed by atoms with E-state index < -0.39 is 0 Å². The first-order valence-electron chi connectivity index (χ1n) is 12.6. The molecular formula is C29H38BrNO3. The van der Waals surface area contributed by atoms with Gasteiger partial charge in [-0.3, -0.25) is 0 Å². The number of piperidine rings is 1. The highest BCUT2D eigenvalue weighted by Crippen LogP contribution is 2.45. The number of halogens is 1. The number of nitrogens with zero attached hydrogens (tertiary/aromatic N) is 1. The van der Waals surface area contributed by atoms with Gasteiger partial charge in [-0.15, -0.1) is 0 Å². The molecule has 1 heterocycles. The van der Waals surface area contributed by atoms with Gasteiger partial charge in [-0.25, -0.2) is 0 Å². The molecule has 0 aromatic heterocycles. The number of aryl methyl sites for hydroxylation is 1. The number of carbonyl (C=O) groups excluding carboxylic acids is 1. The number of methoxy groups -OCH3 is 1. The summed E-state index contributed by atoms with van der Waals surface area (Å²) in [6.07, 6.45) is 5.52. The van der Waals surface area contributed by atoms with Gasteiger partial charge in [0, 0.05) is 35.5 Å². The first-order chi connectivity index (χ1) is 16.4. The smallest absolute Gasteiger partial charge is 0.124 e. The van der Waals surface area contributed by atoms with Crippen molar-refractivity contribution in [1.29, 1.82) is 0 Å². The van der Waals surface area contributed by atoms with Crippen molar-refractivity contribution in [2.24, 2.45) is 17.8 Å². The Morgan fingerprint density at radius 2 is 1.91 bits per heavy atom. The fraction of sp³-hybridized carbons (Fsp3) is 0.552. The Kier molecular flexibility index (Phi) is 8.49. The molecule has 1 aliphatic heterocycles. The second-order valence-electron chi connectivity index (χ2n) is 10.2. The number of aldehydes is 1. The van der Waals surface area contributed by atoms with Gasteiger partial charge in [0.15, 0.2) is 0 Å². The zero-order valence-electron chi connectivity index (χ0n) is 21.0. The Labute approximate surface area is 213 Å². The summed E-state index contributed by atoms with van der Waals surface area (Å²) in [5, 5.41) is 0. The molecule has 3 atom stereocenters. The maximum atomic E-state index is 12.3. The lowest BCUT2D eigenvalue weighted by Gasteiger charge is -2.40. The van der Waals surface area contributed by atoms with Gasteiger partial charge >= 0.3 is 0 Å². The van der Waals surface area contributed by atoms with Gasteiger partial charge in [-0.05, 0) is 92.9 Å². The van der Waals surface area contributed by atoms with Crippen molar-refractivity contribution in [1.82, 2.24) is 4.90 Å². The molecule has 4 rings (SSSR count). The maximum absolute atomic E-state index is 12.3. The molecule has 0 saturated carbocycles. The van der Waals surface area contributed by atoms with Crippen LogP contribution in [0.1, 0.15) is 60.1 Å². The molecule has 0 bridgehead atoms. The lowest BCUT2D eigenvalue weighted by atomic mass is 9.72. The number of carbonyl (C=O) groups is 1. The standard InChI is InChI=1S/C29H38BrNO3/c1-19-11-13-31(14-12-19)16-23(17-32)25-10-9-24-20(2)15-27(21(3)28(24)29(25)33-4)34-18-22-7-5-6-8-26(22)30/h5-8,15,17,19,23,25,29H,9-14,16,18H2,1-4H3/t23?,25?,29-/m1/s1. The molecule has 2 unspecified atom stereocenters. The van der Waals surface area contributed by atoms with Crippen LogP contribution in [0.3, 0.4) is 0 Å². The van der Waals surface area contributed by atoms with E-state index in [0.717, 1.165) is 59.7 Å². The first-order valence-corrected chi connectivity index (χ1v) is 13.4. The molecule has 1 saturated heterocycles. The summed E-state index contributed by atoms with van der Waals surface area (Å²) in [7, 11) is 1.79. The van der Waals surface area contributed by atoms with E-state index >= 15 is 0 Å². The van der Waals surface area contributed by atoms with Crippen LogP contribution < -0.4 is 4.74 Å². The number of hydrogen-bond donors (Lipinski definition) is 0. The van der Waals surface area contributed by atoms with Crippen LogP contribution >= 0.6 is 15.9 Å². The number of ether oxygens (including phenoxy) is 2. The Bertz CT molecular complexity index is 999. The van der Waals surface area contributed by atoms with Crippen molar-refractivity contribution < 1.29 is 14.3 Å². The van der Waals surface area contributed by atoms with E-state index in [1.165, 1.54) is 35.8 Å². The molecule has 0 spiro atoms. The van der Waals surface area contributed by atoms with Gasteiger partial charge in [-0.1, -0.05) is 41.1 Å². The zero-order chi connectivity index (χ0) is 24.2. The molecule has 0 N–H and O–H groups in total. The third-order valence-corrected chi connectivity index (χ3v) is 8.76. The van der Waals surface area contributed by atoms with Crippen molar-refractivity contribution in [3.8, 4) is 5.75 Å². The molecule has 2 aliphatic rings. The van der Waals surface area contributed by atoms with E-state index in [2.05, 4.69) is 53.7 Å². The predicted octanol–water partition coefficient (Wildman–Crippen LogP) is 6.44.